The SMILES string of the molecule is C[C@@H](NC(=O)OC(C)(C)C)c1ccc(I)cc1. The molecule has 0 saturated carbocycles. The standard InChI is InChI=1S/C13H18INO2/c1-9(10-5-7-11(14)8-6-10)15-12(16)17-13(2,3)4/h5-9H,1-4H3,(H,15,16)/t9-/m1/s1. The summed E-state index contributed by atoms with van der Waals surface area (Å²) in [6.45, 7) is 7.48. The van der Waals surface area contributed by atoms with E-state index in [1.54, 1.807) is 0 Å². The zero-order chi connectivity index (χ0) is 13.1. The molecule has 0 fully saturated rings. The van der Waals surface area contributed by atoms with Crippen molar-refractivity contribution in [1.29, 1.82) is 0 Å². The number of carbonyl (C=O) groups excluding carboxylic acids is 1. The fourth-order valence-corrected chi connectivity index (χ4v) is 1.68. The molecule has 0 unspecified atom stereocenters. The number of rotatable bonds is 2. The second-order valence-electron chi connectivity index (χ2n) is 4.92. The van der Waals surface area contributed by atoms with Crippen LogP contribution in [0.25, 0.3) is 0 Å². The topological polar surface area (TPSA) is 38.3 Å². The zero-order valence-electron chi connectivity index (χ0n) is 10.6. The number of hydrogen-bond donors (Lipinski definition) is 1. The molecular formula is C13H18INO2. The molecule has 0 aliphatic rings. The van der Waals surface area contributed by atoms with Crippen LogP contribution in [-0.2, 0) is 4.74 Å². The third-order valence-corrected chi connectivity index (χ3v) is 2.82. The Kier molecular flexibility index (Phi) is 4.80. The van der Waals surface area contributed by atoms with E-state index in [9.17, 15) is 4.79 Å². The number of alkyl carbamates (subject to hydrolysis) is 1. The first-order chi connectivity index (χ1) is 7.78. The van der Waals surface area contributed by atoms with E-state index in [1.165, 1.54) is 3.57 Å². The maximum absolute atomic E-state index is 11.6. The summed E-state index contributed by atoms with van der Waals surface area (Å²) in [5.41, 5.74) is 0.604. The van der Waals surface area contributed by atoms with E-state index in [0.717, 1.165) is 5.56 Å². The first-order valence-electron chi connectivity index (χ1n) is 5.53. The van der Waals surface area contributed by atoms with Crippen molar-refractivity contribution in [3.8, 4) is 0 Å². The van der Waals surface area contributed by atoms with Crippen molar-refractivity contribution >= 4 is 28.7 Å². The van der Waals surface area contributed by atoms with E-state index in [4.69, 9.17) is 4.74 Å². The molecule has 0 aromatic heterocycles. The van der Waals surface area contributed by atoms with Crippen LogP contribution in [0.1, 0.15) is 39.3 Å². The van der Waals surface area contributed by atoms with Crippen molar-refractivity contribution in [2.75, 3.05) is 0 Å². The Hall–Kier alpha value is -0.780. The number of halogens is 1. The quantitative estimate of drug-likeness (QED) is 0.825. The van der Waals surface area contributed by atoms with Gasteiger partial charge in [0, 0.05) is 3.57 Å². The van der Waals surface area contributed by atoms with Gasteiger partial charge in [-0.15, -0.1) is 0 Å². The Morgan fingerprint density at radius 2 is 1.82 bits per heavy atom. The van der Waals surface area contributed by atoms with E-state index >= 15 is 0 Å². The van der Waals surface area contributed by atoms with Gasteiger partial charge in [-0.05, 0) is 68.0 Å². The van der Waals surface area contributed by atoms with Gasteiger partial charge in [0.05, 0.1) is 6.04 Å². The van der Waals surface area contributed by atoms with Gasteiger partial charge in [-0.1, -0.05) is 12.1 Å². The van der Waals surface area contributed by atoms with Crippen LogP contribution in [0.3, 0.4) is 0 Å². The van der Waals surface area contributed by atoms with Gasteiger partial charge in [-0.3, -0.25) is 0 Å². The molecule has 0 heterocycles. The maximum Gasteiger partial charge on any atom is 0.408 e. The lowest BCUT2D eigenvalue weighted by atomic mass is 10.1. The summed E-state index contributed by atoms with van der Waals surface area (Å²) >= 11 is 2.25. The predicted octanol–water partition coefficient (Wildman–Crippen LogP) is 3.88. The second kappa shape index (κ2) is 5.71. The third kappa shape index (κ3) is 5.39. The molecule has 0 spiro atoms. The Labute approximate surface area is 116 Å². The Morgan fingerprint density at radius 3 is 2.29 bits per heavy atom. The van der Waals surface area contributed by atoms with E-state index in [0.29, 0.717) is 0 Å². The van der Waals surface area contributed by atoms with Crippen LogP contribution in [0.2, 0.25) is 0 Å². The highest BCUT2D eigenvalue weighted by Crippen LogP contribution is 2.15. The number of nitrogens with one attached hydrogen (secondary N) is 1. The van der Waals surface area contributed by atoms with Gasteiger partial charge in [0.25, 0.3) is 0 Å². The molecule has 94 valence electrons. The number of carbonyl (C=O) groups is 1. The van der Waals surface area contributed by atoms with Crippen LogP contribution in [0.5, 0.6) is 0 Å². The molecule has 1 amide bonds. The highest BCUT2D eigenvalue weighted by Gasteiger charge is 2.18. The smallest absolute Gasteiger partial charge is 0.408 e. The van der Waals surface area contributed by atoms with Crippen molar-refractivity contribution < 1.29 is 9.53 Å². The number of hydrogen-bond acceptors (Lipinski definition) is 2. The van der Waals surface area contributed by atoms with Crippen molar-refractivity contribution in [2.24, 2.45) is 0 Å². The summed E-state index contributed by atoms with van der Waals surface area (Å²) in [4.78, 5) is 11.6. The van der Waals surface area contributed by atoms with Crippen LogP contribution in [-0.4, -0.2) is 11.7 Å². The molecule has 1 N–H and O–H groups in total. The van der Waals surface area contributed by atoms with Gasteiger partial charge < -0.3 is 10.1 Å². The van der Waals surface area contributed by atoms with Gasteiger partial charge >= 0.3 is 6.09 Å². The van der Waals surface area contributed by atoms with Gasteiger partial charge in [-0.25, -0.2) is 4.79 Å². The Bertz CT molecular complexity index is 381. The van der Waals surface area contributed by atoms with Crippen LogP contribution in [0.15, 0.2) is 24.3 Å². The first kappa shape index (κ1) is 14.3. The van der Waals surface area contributed by atoms with Crippen molar-refractivity contribution in [2.45, 2.75) is 39.3 Å². The highest BCUT2D eigenvalue weighted by molar-refractivity contribution is 14.1. The molecule has 0 bridgehead atoms. The van der Waals surface area contributed by atoms with E-state index < -0.39 is 5.60 Å². The van der Waals surface area contributed by atoms with E-state index in [-0.39, 0.29) is 12.1 Å². The lowest BCUT2D eigenvalue weighted by Gasteiger charge is -2.22. The highest BCUT2D eigenvalue weighted by atomic mass is 127. The van der Waals surface area contributed by atoms with Gasteiger partial charge in [0.2, 0.25) is 0 Å². The van der Waals surface area contributed by atoms with Gasteiger partial charge in [0.1, 0.15) is 5.60 Å². The number of benzene rings is 1. The molecule has 1 rings (SSSR count). The molecule has 0 aliphatic carbocycles. The molecule has 1 aromatic carbocycles. The maximum atomic E-state index is 11.6. The van der Waals surface area contributed by atoms with Crippen molar-refractivity contribution in [1.82, 2.24) is 5.32 Å². The summed E-state index contributed by atoms with van der Waals surface area (Å²) in [5, 5.41) is 2.81. The summed E-state index contributed by atoms with van der Waals surface area (Å²) < 4.78 is 6.38. The first-order valence-corrected chi connectivity index (χ1v) is 6.61. The molecule has 17 heavy (non-hydrogen) atoms. The van der Waals surface area contributed by atoms with Crippen molar-refractivity contribution in [3.05, 3.63) is 33.4 Å². The Morgan fingerprint density at radius 1 is 1.29 bits per heavy atom. The molecule has 3 nitrogen and oxygen atoms in total. The lowest BCUT2D eigenvalue weighted by Crippen LogP contribution is -2.34. The molecule has 0 radical (unpaired) electrons. The van der Waals surface area contributed by atoms with E-state index in [1.807, 2.05) is 52.0 Å². The summed E-state index contributed by atoms with van der Waals surface area (Å²) in [6, 6.07) is 7.99. The average molecular weight is 347 g/mol. The van der Waals surface area contributed by atoms with Crippen LogP contribution in [0, 0.1) is 3.57 Å². The molecule has 1 atom stereocenters. The largest absolute Gasteiger partial charge is 0.444 e. The normalized spacial score (nSPS) is 13.0. The fourth-order valence-electron chi connectivity index (χ4n) is 1.32. The van der Waals surface area contributed by atoms with Crippen molar-refractivity contribution in [3.63, 3.8) is 0 Å². The van der Waals surface area contributed by atoms with Gasteiger partial charge in [-0.2, -0.15) is 0 Å². The van der Waals surface area contributed by atoms with E-state index in [2.05, 4.69) is 27.9 Å². The summed E-state index contributed by atoms with van der Waals surface area (Å²) in [7, 11) is 0. The number of ether oxygens (including phenoxy) is 1. The van der Waals surface area contributed by atoms with Crippen LogP contribution >= 0.6 is 22.6 Å². The minimum absolute atomic E-state index is 0.0538. The molecular weight excluding hydrogens is 329 g/mol. The summed E-state index contributed by atoms with van der Waals surface area (Å²) in [6.07, 6.45) is -0.386. The minimum Gasteiger partial charge on any atom is -0.444 e. The minimum atomic E-state index is -0.462. The third-order valence-electron chi connectivity index (χ3n) is 2.10. The van der Waals surface area contributed by atoms with Crippen LogP contribution in [0.4, 0.5) is 4.79 Å². The summed E-state index contributed by atoms with van der Waals surface area (Å²) in [5.74, 6) is 0. The van der Waals surface area contributed by atoms with Gasteiger partial charge in [0.15, 0.2) is 0 Å². The lowest BCUT2D eigenvalue weighted by molar-refractivity contribution is 0.0508. The zero-order valence-corrected chi connectivity index (χ0v) is 12.7. The van der Waals surface area contributed by atoms with Crippen LogP contribution < -0.4 is 5.32 Å². The number of amides is 1. The fraction of sp³-hybridized carbons (Fsp3) is 0.462. The predicted molar refractivity (Wildman–Crippen MR) is 76.9 cm³/mol. The monoisotopic (exact) mass is 347 g/mol. The molecule has 1 aromatic rings. The Balaban J connectivity index is 2.57. The molecule has 4 heteroatoms. The molecule has 0 aliphatic heterocycles. The average Bonchev–Trinajstić information content (AvgIpc) is 2.15. The molecule has 0 saturated heterocycles. The second-order valence-corrected chi connectivity index (χ2v) is 6.17.